The maximum Gasteiger partial charge on any atom is -0.147 e. The number of aromatic nitrogens is 1. The third kappa shape index (κ3) is 3.03. The van der Waals surface area contributed by atoms with E-state index in [1.54, 1.807) is 0 Å². The van der Waals surface area contributed by atoms with E-state index in [1.807, 2.05) is 12.3 Å². The summed E-state index contributed by atoms with van der Waals surface area (Å²) in [5.74, 6) is 0.461. The van der Waals surface area contributed by atoms with Gasteiger partial charge >= 0.3 is 145 Å². The van der Waals surface area contributed by atoms with Crippen molar-refractivity contribution in [3.8, 4) is 0 Å². The number of hydrogen-bond acceptors (Lipinski definition) is 1. The first-order valence-corrected chi connectivity index (χ1v) is 8.62. The molecular weight excluding hydrogens is 389 g/mol. The van der Waals surface area contributed by atoms with Gasteiger partial charge in [0.05, 0.1) is 0 Å². The summed E-state index contributed by atoms with van der Waals surface area (Å²) in [5.41, 5.74) is 6.39. The zero-order chi connectivity index (χ0) is 16.0. The molecule has 1 aliphatic carbocycles. The molecule has 0 bridgehead atoms. The molecule has 1 aliphatic rings. The van der Waals surface area contributed by atoms with Gasteiger partial charge in [-0.05, 0) is 0 Å². The van der Waals surface area contributed by atoms with E-state index in [4.69, 9.17) is 4.98 Å². The van der Waals surface area contributed by atoms with Gasteiger partial charge in [0, 0.05) is 0 Å². The van der Waals surface area contributed by atoms with Crippen LogP contribution in [0.2, 0.25) is 0 Å². The Morgan fingerprint density at radius 3 is 2.32 bits per heavy atom. The van der Waals surface area contributed by atoms with Gasteiger partial charge in [-0.3, -0.25) is 0 Å². The normalized spacial score (nSPS) is 18.3. The Morgan fingerprint density at radius 2 is 1.56 bits per heavy atom. The Balaban J connectivity index is 0.00000113. The van der Waals surface area contributed by atoms with E-state index >= 15 is 0 Å². The predicted molar refractivity (Wildman–Crippen MR) is 106 cm³/mol. The van der Waals surface area contributed by atoms with Crippen molar-refractivity contribution in [2.75, 3.05) is 0 Å². The maximum atomic E-state index is 4.69. The largest absolute Gasteiger partial charge is 0.147 e. The molecule has 0 fully saturated rings. The van der Waals surface area contributed by atoms with Gasteiger partial charge in [-0.15, -0.1) is 24.8 Å². The smallest absolute Gasteiger partial charge is 0.147 e. The molecule has 1 atom stereocenters. The summed E-state index contributed by atoms with van der Waals surface area (Å²) in [6.07, 6.45) is 4.23. The van der Waals surface area contributed by atoms with Crippen LogP contribution in [0.1, 0.15) is 30.5 Å². The summed E-state index contributed by atoms with van der Waals surface area (Å²) in [6, 6.07) is 19.3. The number of benzene rings is 2. The Kier molecular flexibility index (Phi) is 6.02. The van der Waals surface area contributed by atoms with Crippen LogP contribution in [0.15, 0.2) is 66.4 Å². The molecule has 1 unspecified atom stereocenters. The minimum absolute atomic E-state index is 0. The molecule has 4 heteroatoms. The summed E-state index contributed by atoms with van der Waals surface area (Å²) in [5, 5.41) is 1.19. The van der Waals surface area contributed by atoms with E-state index in [-0.39, 0.29) is 29.1 Å². The van der Waals surface area contributed by atoms with Crippen LogP contribution in [0, 0.1) is 5.92 Å². The average Bonchev–Trinajstić information content (AvgIpc) is 2.89. The van der Waals surface area contributed by atoms with Gasteiger partial charge in [-0.2, -0.15) is 0 Å². The number of fused-ring (bicyclic) bond motifs is 2. The molecule has 1 heterocycles. The first-order valence-electron chi connectivity index (χ1n) is 7.98. The first kappa shape index (κ1) is 20.0. The Bertz CT molecular complexity index is 931. The Labute approximate surface area is 169 Å². The molecule has 1 aromatic heterocycles. The average molecular weight is 409 g/mol. The number of allylic oxidation sites excluding steroid dienone is 1. The van der Waals surface area contributed by atoms with Gasteiger partial charge in [0.15, 0.2) is 0 Å². The van der Waals surface area contributed by atoms with E-state index in [0.717, 1.165) is 5.52 Å². The molecule has 0 N–H and O–H groups in total. The van der Waals surface area contributed by atoms with Gasteiger partial charge in [0.2, 0.25) is 0 Å². The number of pyridine rings is 1. The predicted octanol–water partition coefficient (Wildman–Crippen LogP) is 5.92. The molecule has 0 saturated carbocycles. The zero-order valence-electron chi connectivity index (χ0n) is 14.1. The molecule has 25 heavy (non-hydrogen) atoms. The first-order chi connectivity index (χ1) is 11.1. The molecule has 4 rings (SSSR count). The second kappa shape index (κ2) is 7.52. The molecular formula is C21H20Cl2CrN. The van der Waals surface area contributed by atoms with Crippen molar-refractivity contribution in [2.24, 2.45) is 5.92 Å². The Morgan fingerprint density at radius 1 is 0.880 bits per heavy atom. The van der Waals surface area contributed by atoms with Crippen LogP contribution in [-0.4, -0.2) is 4.98 Å². The number of hydrogen-bond donors (Lipinski definition) is 0. The second-order valence-corrected chi connectivity index (χ2v) is 7.36. The Hall–Kier alpha value is -1.30. The fourth-order valence-corrected chi connectivity index (χ4v) is 4.64. The van der Waals surface area contributed by atoms with Gasteiger partial charge in [-0.1, -0.05) is 0 Å². The summed E-state index contributed by atoms with van der Waals surface area (Å²) < 4.78 is -0.237. The molecule has 1 nitrogen and oxygen atoms in total. The van der Waals surface area contributed by atoms with Crippen LogP contribution in [0.25, 0.3) is 17.0 Å². The van der Waals surface area contributed by atoms with Crippen LogP contribution in [0.4, 0.5) is 0 Å². The zero-order valence-corrected chi connectivity index (χ0v) is 17.0. The molecule has 0 radical (unpaired) electrons. The molecule has 0 saturated heterocycles. The van der Waals surface area contributed by atoms with E-state index in [0.29, 0.717) is 5.92 Å². The van der Waals surface area contributed by atoms with Crippen molar-refractivity contribution in [1.29, 1.82) is 0 Å². The molecule has 3 aromatic rings. The molecule has 0 amide bonds. The molecule has 0 aliphatic heterocycles. The van der Waals surface area contributed by atoms with Crippen molar-refractivity contribution >= 4 is 41.8 Å². The molecule has 129 valence electrons. The third-order valence-electron chi connectivity index (χ3n) is 4.69. The second-order valence-electron chi connectivity index (χ2n) is 6.40. The quantitative estimate of drug-likeness (QED) is 0.512. The van der Waals surface area contributed by atoms with Crippen LogP contribution >= 0.6 is 24.8 Å². The number of nitrogens with zero attached hydrogens (tertiary/aromatic N) is 1. The van der Waals surface area contributed by atoms with Crippen molar-refractivity contribution in [3.05, 3.63) is 83.1 Å². The van der Waals surface area contributed by atoms with Gasteiger partial charge in [0.1, 0.15) is 0 Å². The van der Waals surface area contributed by atoms with Crippen molar-refractivity contribution in [2.45, 2.75) is 18.1 Å². The van der Waals surface area contributed by atoms with E-state index < -0.39 is 0 Å². The van der Waals surface area contributed by atoms with Crippen LogP contribution in [0.3, 0.4) is 0 Å². The van der Waals surface area contributed by atoms with E-state index in [1.165, 1.54) is 27.6 Å². The molecule has 2 aromatic carbocycles. The van der Waals surface area contributed by atoms with Gasteiger partial charge in [0.25, 0.3) is 0 Å². The summed E-state index contributed by atoms with van der Waals surface area (Å²) in [4.78, 5) is 4.69. The van der Waals surface area contributed by atoms with Crippen molar-refractivity contribution in [3.63, 3.8) is 0 Å². The SMILES string of the molecule is CC(C)C1=Cc2ccccc2[C]1([Cr])c1cccc2cccnc12.Cl.Cl. The van der Waals surface area contributed by atoms with Gasteiger partial charge < -0.3 is 0 Å². The summed E-state index contributed by atoms with van der Waals surface area (Å²) in [7, 11) is 0. The summed E-state index contributed by atoms with van der Waals surface area (Å²) >= 11 is 3.54. The van der Waals surface area contributed by atoms with Crippen LogP contribution < -0.4 is 0 Å². The minimum atomic E-state index is -0.237. The van der Waals surface area contributed by atoms with E-state index in [9.17, 15) is 0 Å². The van der Waals surface area contributed by atoms with Gasteiger partial charge in [-0.25, -0.2) is 0 Å². The number of para-hydroxylation sites is 1. The monoisotopic (exact) mass is 408 g/mol. The maximum absolute atomic E-state index is 4.69. The third-order valence-corrected chi connectivity index (χ3v) is 5.75. The topological polar surface area (TPSA) is 12.9 Å². The van der Waals surface area contributed by atoms with Crippen molar-refractivity contribution < 1.29 is 16.3 Å². The number of rotatable bonds is 2. The van der Waals surface area contributed by atoms with E-state index in [2.05, 4.69) is 84.7 Å². The van der Waals surface area contributed by atoms with Crippen molar-refractivity contribution in [1.82, 2.24) is 4.98 Å². The fourth-order valence-electron chi connectivity index (χ4n) is 3.63. The van der Waals surface area contributed by atoms with Crippen LogP contribution in [0.5, 0.6) is 0 Å². The number of halogens is 2. The van der Waals surface area contributed by atoms with Crippen LogP contribution in [-0.2, 0) is 20.6 Å². The summed E-state index contributed by atoms with van der Waals surface area (Å²) in [6.45, 7) is 4.53. The minimum Gasteiger partial charge on any atom is -0.147 e. The standard InChI is InChI=1S/C21H18N.2ClH.Cr/c1-14(2)19-13-16-7-3-4-10-17(16)20(19)18-11-5-8-15-9-6-12-22-21(15)18;;;/h3-14H,1-2H3;2*1H;. The molecule has 0 spiro atoms. The fraction of sp³-hybridized carbons (Fsp3) is 0.190.